The third-order valence-corrected chi connectivity index (χ3v) is 3.36. The van der Waals surface area contributed by atoms with Gasteiger partial charge in [0.2, 0.25) is 0 Å². The maximum absolute atomic E-state index is 13.3. The predicted molar refractivity (Wildman–Crippen MR) is 77.2 cm³/mol. The van der Waals surface area contributed by atoms with Gasteiger partial charge in [-0.15, -0.1) is 0 Å². The molecule has 0 heterocycles. The van der Waals surface area contributed by atoms with Crippen LogP contribution in [0.2, 0.25) is 0 Å². The number of phenols is 1. The predicted octanol–water partition coefficient (Wildman–Crippen LogP) is 1.79. The van der Waals surface area contributed by atoms with Crippen LogP contribution in [0.25, 0.3) is 0 Å². The lowest BCUT2D eigenvalue weighted by Gasteiger charge is -2.03. The van der Waals surface area contributed by atoms with Crippen molar-refractivity contribution in [3.63, 3.8) is 0 Å². The minimum atomic E-state index is -0.650. The minimum absolute atomic E-state index is 0.0123. The van der Waals surface area contributed by atoms with Crippen LogP contribution in [-0.2, 0) is 11.2 Å². The number of Topliss-reactive ketones (excluding diaryl/α,β-unsaturated/α-hetero) is 1. The van der Waals surface area contributed by atoms with Gasteiger partial charge >= 0.3 is 0 Å². The normalized spacial score (nSPS) is 15.0. The van der Waals surface area contributed by atoms with E-state index in [1.165, 1.54) is 30.3 Å². The van der Waals surface area contributed by atoms with Gasteiger partial charge in [-0.25, -0.2) is 9.82 Å². The van der Waals surface area contributed by atoms with Crippen molar-refractivity contribution in [3.8, 4) is 5.75 Å². The molecule has 2 aromatic carbocycles. The number of carbonyl (C=O) groups excluding carboxylic acids is 2. The van der Waals surface area contributed by atoms with E-state index in [4.69, 9.17) is 0 Å². The van der Waals surface area contributed by atoms with Gasteiger partial charge in [-0.1, -0.05) is 18.2 Å². The molecule has 110 valence electrons. The summed E-state index contributed by atoms with van der Waals surface area (Å²) in [5.41, 5.74) is 3.32. The van der Waals surface area contributed by atoms with Crippen molar-refractivity contribution in [2.75, 3.05) is 0 Å². The summed E-state index contributed by atoms with van der Waals surface area (Å²) in [7, 11) is 0. The first-order valence-corrected chi connectivity index (χ1v) is 6.54. The summed E-state index contributed by atoms with van der Waals surface area (Å²) in [4.78, 5) is 23.8. The Labute approximate surface area is 125 Å². The van der Waals surface area contributed by atoms with Crippen molar-refractivity contribution >= 4 is 17.4 Å². The standard InChI is InChI=1S/C16H11FN2O3/c17-10-6-5-9-7-14(21)15(12(9)8-10)18-19-16(22)11-3-1-2-4-13(11)20/h1-6,8,20H,7H2,(H,19,22)/b18-15+. The highest BCUT2D eigenvalue weighted by Gasteiger charge is 2.27. The average Bonchev–Trinajstić information content (AvgIpc) is 2.80. The topological polar surface area (TPSA) is 78.8 Å². The molecule has 1 aliphatic rings. The summed E-state index contributed by atoms with van der Waals surface area (Å²) in [5, 5.41) is 13.4. The molecule has 1 amide bonds. The van der Waals surface area contributed by atoms with E-state index in [-0.39, 0.29) is 29.2 Å². The van der Waals surface area contributed by atoms with E-state index >= 15 is 0 Å². The van der Waals surface area contributed by atoms with Crippen LogP contribution < -0.4 is 5.43 Å². The Bertz CT molecular complexity index is 815. The van der Waals surface area contributed by atoms with Gasteiger partial charge in [-0.2, -0.15) is 5.10 Å². The van der Waals surface area contributed by atoms with Crippen molar-refractivity contribution in [2.45, 2.75) is 6.42 Å². The van der Waals surface area contributed by atoms with E-state index < -0.39 is 11.7 Å². The van der Waals surface area contributed by atoms with E-state index in [1.54, 1.807) is 12.1 Å². The number of rotatable bonds is 2. The number of halogens is 1. The van der Waals surface area contributed by atoms with Gasteiger partial charge in [-0.05, 0) is 29.8 Å². The van der Waals surface area contributed by atoms with Gasteiger partial charge < -0.3 is 5.11 Å². The first-order chi connectivity index (χ1) is 10.6. The monoisotopic (exact) mass is 298 g/mol. The molecule has 0 spiro atoms. The number of carbonyl (C=O) groups is 2. The number of aromatic hydroxyl groups is 1. The van der Waals surface area contributed by atoms with Gasteiger partial charge in [0.25, 0.3) is 5.91 Å². The maximum Gasteiger partial charge on any atom is 0.275 e. The number of hydrazone groups is 1. The summed E-state index contributed by atoms with van der Waals surface area (Å²) in [6.45, 7) is 0. The Morgan fingerprint density at radius 1 is 1.23 bits per heavy atom. The lowest BCUT2D eigenvalue weighted by Crippen LogP contribution is -2.22. The molecule has 2 N–H and O–H groups in total. The molecule has 0 radical (unpaired) electrons. The summed E-state index contributed by atoms with van der Waals surface area (Å²) in [6, 6.07) is 9.98. The molecule has 0 saturated heterocycles. The largest absolute Gasteiger partial charge is 0.507 e. The lowest BCUT2D eigenvalue weighted by molar-refractivity contribution is -0.112. The van der Waals surface area contributed by atoms with Gasteiger partial charge in [-0.3, -0.25) is 9.59 Å². The number of amides is 1. The molecule has 1 aliphatic carbocycles. The molecular weight excluding hydrogens is 287 g/mol. The van der Waals surface area contributed by atoms with Crippen molar-refractivity contribution in [3.05, 3.63) is 65.0 Å². The molecule has 0 atom stereocenters. The molecule has 5 nitrogen and oxygen atoms in total. The fraction of sp³-hybridized carbons (Fsp3) is 0.0625. The molecular formula is C16H11FN2O3. The summed E-state index contributed by atoms with van der Waals surface area (Å²) >= 11 is 0. The summed E-state index contributed by atoms with van der Waals surface area (Å²) in [5.74, 6) is -1.61. The number of phenolic OH excluding ortho intramolecular Hbond substituents is 1. The van der Waals surface area contributed by atoms with Crippen LogP contribution >= 0.6 is 0 Å². The molecule has 0 saturated carbocycles. The Kier molecular flexibility index (Phi) is 3.42. The van der Waals surface area contributed by atoms with E-state index in [0.717, 1.165) is 0 Å². The van der Waals surface area contributed by atoms with E-state index in [9.17, 15) is 19.1 Å². The van der Waals surface area contributed by atoms with Crippen LogP contribution in [0, 0.1) is 5.82 Å². The van der Waals surface area contributed by atoms with Crippen LogP contribution in [0.5, 0.6) is 5.75 Å². The second kappa shape index (κ2) is 5.40. The summed E-state index contributed by atoms with van der Waals surface area (Å²) < 4.78 is 13.3. The second-order valence-corrected chi connectivity index (χ2v) is 4.82. The fourth-order valence-corrected chi connectivity index (χ4v) is 2.29. The highest BCUT2D eigenvalue weighted by atomic mass is 19.1. The smallest absolute Gasteiger partial charge is 0.275 e. The third kappa shape index (κ3) is 2.46. The molecule has 0 unspecified atom stereocenters. The SMILES string of the molecule is O=C1Cc2ccc(F)cc2/C1=N\NC(=O)c1ccccc1O. The van der Waals surface area contributed by atoms with E-state index in [1.807, 2.05) is 0 Å². The van der Waals surface area contributed by atoms with Crippen LogP contribution in [0.1, 0.15) is 21.5 Å². The molecule has 0 aliphatic heterocycles. The number of benzene rings is 2. The van der Waals surface area contributed by atoms with Gasteiger partial charge in [0.1, 0.15) is 17.3 Å². The lowest BCUT2D eigenvalue weighted by atomic mass is 10.1. The van der Waals surface area contributed by atoms with Gasteiger partial charge in [0.15, 0.2) is 5.78 Å². The molecule has 3 rings (SSSR count). The number of hydrogen-bond acceptors (Lipinski definition) is 4. The highest BCUT2D eigenvalue weighted by Crippen LogP contribution is 2.21. The van der Waals surface area contributed by atoms with Crippen molar-refractivity contribution in [1.82, 2.24) is 5.43 Å². The highest BCUT2D eigenvalue weighted by molar-refractivity contribution is 6.49. The zero-order valence-corrected chi connectivity index (χ0v) is 11.3. The molecule has 0 aromatic heterocycles. The maximum atomic E-state index is 13.3. The van der Waals surface area contributed by atoms with Crippen LogP contribution in [-0.4, -0.2) is 22.5 Å². The molecule has 2 aromatic rings. The van der Waals surface area contributed by atoms with Crippen LogP contribution in [0.15, 0.2) is 47.6 Å². The number of fused-ring (bicyclic) bond motifs is 1. The quantitative estimate of drug-likeness (QED) is 0.830. The number of hydrogen-bond donors (Lipinski definition) is 2. The van der Waals surface area contributed by atoms with Crippen LogP contribution in [0.4, 0.5) is 4.39 Å². The minimum Gasteiger partial charge on any atom is -0.507 e. The second-order valence-electron chi connectivity index (χ2n) is 4.82. The van der Waals surface area contributed by atoms with Crippen molar-refractivity contribution in [1.29, 1.82) is 0 Å². The molecule has 0 bridgehead atoms. The molecule has 6 heteroatoms. The molecule has 0 fully saturated rings. The van der Waals surface area contributed by atoms with Crippen LogP contribution in [0.3, 0.4) is 0 Å². The van der Waals surface area contributed by atoms with Gasteiger partial charge in [0.05, 0.1) is 5.56 Å². The number of nitrogens with zero attached hydrogens (tertiary/aromatic N) is 1. The Hall–Kier alpha value is -3.02. The molecule has 22 heavy (non-hydrogen) atoms. The van der Waals surface area contributed by atoms with Crippen molar-refractivity contribution in [2.24, 2.45) is 5.10 Å². The zero-order valence-electron chi connectivity index (χ0n) is 11.3. The zero-order chi connectivity index (χ0) is 15.7. The first-order valence-electron chi connectivity index (χ1n) is 6.54. The van der Waals surface area contributed by atoms with Gasteiger partial charge in [0, 0.05) is 12.0 Å². The number of nitrogens with one attached hydrogen (secondary N) is 1. The third-order valence-electron chi connectivity index (χ3n) is 3.36. The first kappa shape index (κ1) is 13.9. The number of ketones is 1. The van der Waals surface area contributed by atoms with E-state index in [0.29, 0.717) is 11.1 Å². The summed E-state index contributed by atoms with van der Waals surface area (Å²) in [6.07, 6.45) is 0.126. The fourth-order valence-electron chi connectivity index (χ4n) is 2.29. The number of para-hydroxylation sites is 1. The van der Waals surface area contributed by atoms with Crippen molar-refractivity contribution < 1.29 is 19.1 Å². The Morgan fingerprint density at radius 2 is 2.00 bits per heavy atom. The average molecular weight is 298 g/mol. The van der Waals surface area contributed by atoms with E-state index in [2.05, 4.69) is 10.5 Å². The Morgan fingerprint density at radius 3 is 2.77 bits per heavy atom. The Balaban J connectivity index is 1.88.